The first-order valence-electron chi connectivity index (χ1n) is 13.9. The maximum atomic E-state index is 14.5. The van der Waals surface area contributed by atoms with E-state index in [-0.39, 0.29) is 11.6 Å². The number of anilines is 1. The van der Waals surface area contributed by atoms with Crippen molar-refractivity contribution in [2.45, 2.75) is 70.5 Å². The average Bonchev–Trinajstić information content (AvgIpc) is 3.66. The Kier molecular flexibility index (Phi) is 7.88. The van der Waals surface area contributed by atoms with Gasteiger partial charge in [0.25, 0.3) is 0 Å². The van der Waals surface area contributed by atoms with Crippen molar-refractivity contribution in [2.75, 3.05) is 5.73 Å². The highest BCUT2D eigenvalue weighted by Crippen LogP contribution is 2.50. The van der Waals surface area contributed by atoms with Crippen molar-refractivity contribution in [3.05, 3.63) is 55.1 Å². The molecule has 15 nitrogen and oxygen atoms in total. The molecule has 2 aliphatic heterocycles. The number of carbonyl (C=O) groups excluding carboxylic acids is 2. The third-order valence-corrected chi connectivity index (χ3v) is 8.89. The van der Waals surface area contributed by atoms with Crippen LogP contribution in [0.4, 0.5) is 10.6 Å². The van der Waals surface area contributed by atoms with Crippen molar-refractivity contribution in [1.29, 1.82) is 0 Å². The second-order valence-corrected chi connectivity index (χ2v) is 12.3. The highest BCUT2D eigenvalue weighted by molar-refractivity contribution is 7.52. The number of ether oxygens (including phenoxy) is 4. The molecule has 2 fully saturated rings. The number of imidazole rings is 1. The Morgan fingerprint density at radius 1 is 1.05 bits per heavy atom. The molecule has 6 rings (SSSR count). The summed E-state index contributed by atoms with van der Waals surface area (Å²) in [6, 6.07) is 11.6. The largest absolute Gasteiger partial charge is 0.509 e. The number of fused-ring (bicyclic) bond motifs is 3. The molecule has 0 aliphatic carbocycles. The molecule has 2 aromatic carbocycles. The van der Waals surface area contributed by atoms with Crippen LogP contribution in [0.3, 0.4) is 0 Å². The summed E-state index contributed by atoms with van der Waals surface area (Å²) >= 11 is 0. The molecule has 2 aliphatic rings. The van der Waals surface area contributed by atoms with Crippen LogP contribution < -0.4 is 15.3 Å². The fourth-order valence-electron chi connectivity index (χ4n) is 5.22. The molecule has 0 saturated carbocycles. The minimum absolute atomic E-state index is 0.166. The van der Waals surface area contributed by atoms with Gasteiger partial charge in [0.2, 0.25) is 0 Å². The van der Waals surface area contributed by atoms with Crippen LogP contribution in [0.2, 0.25) is 0 Å². The molecular formula is C28H31N6O9P. The minimum Gasteiger partial charge on any atom is -0.462 e. The topological polar surface area (TPSA) is 188 Å². The second-order valence-electron chi connectivity index (χ2n) is 10.7. The first-order valence-corrected chi connectivity index (χ1v) is 15.5. The van der Waals surface area contributed by atoms with Crippen LogP contribution in [0, 0.1) is 0 Å². The summed E-state index contributed by atoms with van der Waals surface area (Å²) in [6.45, 7) is 6.48. The molecule has 0 bridgehead atoms. The normalized spacial score (nSPS) is 24.0. The van der Waals surface area contributed by atoms with Gasteiger partial charge in [-0.25, -0.2) is 24.3 Å². The lowest BCUT2D eigenvalue weighted by Gasteiger charge is -2.29. The van der Waals surface area contributed by atoms with Crippen molar-refractivity contribution < 1.29 is 42.1 Å². The van der Waals surface area contributed by atoms with Crippen molar-refractivity contribution in [2.24, 2.45) is 0 Å². The average molecular weight is 627 g/mol. The maximum absolute atomic E-state index is 14.5. The van der Waals surface area contributed by atoms with Gasteiger partial charge in [0.1, 0.15) is 29.7 Å². The molecule has 4 heterocycles. The van der Waals surface area contributed by atoms with Crippen LogP contribution in [0.5, 0.6) is 5.75 Å². The van der Waals surface area contributed by atoms with Crippen LogP contribution in [0.15, 0.2) is 55.1 Å². The number of nitrogens with zero attached hydrogens (tertiary/aromatic N) is 4. The van der Waals surface area contributed by atoms with E-state index in [1.807, 2.05) is 30.3 Å². The smallest absolute Gasteiger partial charge is 0.462 e. The van der Waals surface area contributed by atoms with Crippen molar-refractivity contribution >= 4 is 47.6 Å². The molecule has 232 valence electrons. The maximum Gasteiger partial charge on any atom is 0.509 e. The molecule has 7 atom stereocenters. The predicted octanol–water partition coefficient (Wildman–Crippen LogP) is 3.89. The van der Waals surface area contributed by atoms with Gasteiger partial charge in [-0.15, -0.1) is 0 Å². The summed E-state index contributed by atoms with van der Waals surface area (Å²) in [6.07, 6.45) is -3.41. The first-order chi connectivity index (χ1) is 21.0. The molecule has 0 amide bonds. The number of rotatable bonds is 10. The Labute approximate surface area is 251 Å². The second kappa shape index (κ2) is 11.7. The zero-order valence-corrected chi connectivity index (χ0v) is 25.1. The van der Waals surface area contributed by atoms with Crippen LogP contribution in [-0.4, -0.2) is 68.2 Å². The van der Waals surface area contributed by atoms with Gasteiger partial charge >= 0.3 is 19.9 Å². The Morgan fingerprint density at radius 3 is 2.59 bits per heavy atom. The summed E-state index contributed by atoms with van der Waals surface area (Å²) in [4.78, 5) is 37.4. The van der Waals surface area contributed by atoms with E-state index in [1.54, 1.807) is 37.5 Å². The Balaban J connectivity index is 1.30. The first kappa shape index (κ1) is 29.8. The van der Waals surface area contributed by atoms with Crippen molar-refractivity contribution in [3.8, 4) is 5.75 Å². The van der Waals surface area contributed by atoms with Gasteiger partial charge in [-0.05, 0) is 39.1 Å². The number of nitrogens with two attached hydrogens (primary N) is 1. The lowest BCUT2D eigenvalue weighted by Crippen LogP contribution is -2.41. The fourth-order valence-corrected chi connectivity index (χ4v) is 6.93. The molecule has 16 heteroatoms. The number of aromatic nitrogens is 4. The highest BCUT2D eigenvalue weighted by Gasteiger charge is 2.58. The van der Waals surface area contributed by atoms with E-state index in [0.717, 1.165) is 5.39 Å². The molecular weight excluding hydrogens is 595 g/mol. The third-order valence-electron chi connectivity index (χ3n) is 7.14. The molecule has 4 aromatic rings. The van der Waals surface area contributed by atoms with Crippen LogP contribution in [0.1, 0.15) is 33.9 Å². The van der Waals surface area contributed by atoms with Gasteiger partial charge < -0.3 is 29.2 Å². The zero-order valence-electron chi connectivity index (χ0n) is 24.2. The van der Waals surface area contributed by atoms with Gasteiger partial charge in [0, 0.05) is 5.39 Å². The van der Waals surface area contributed by atoms with Crippen LogP contribution in [0.25, 0.3) is 21.9 Å². The summed E-state index contributed by atoms with van der Waals surface area (Å²) < 4.78 is 50.6. The van der Waals surface area contributed by atoms with Crippen molar-refractivity contribution in [3.63, 3.8) is 0 Å². The predicted molar refractivity (Wildman–Crippen MR) is 155 cm³/mol. The van der Waals surface area contributed by atoms with Crippen LogP contribution >= 0.6 is 7.75 Å². The minimum atomic E-state index is -4.35. The van der Waals surface area contributed by atoms with Gasteiger partial charge in [-0.1, -0.05) is 36.4 Å². The van der Waals surface area contributed by atoms with Crippen molar-refractivity contribution in [1.82, 2.24) is 24.6 Å². The van der Waals surface area contributed by atoms with Gasteiger partial charge in [0.05, 0.1) is 18.5 Å². The molecule has 7 unspecified atom stereocenters. The molecule has 44 heavy (non-hydrogen) atoms. The number of hydrogen-bond acceptors (Lipinski definition) is 13. The number of carbonyl (C=O) groups is 2. The van der Waals surface area contributed by atoms with Crippen LogP contribution in [-0.2, 0) is 32.8 Å². The van der Waals surface area contributed by atoms with E-state index in [9.17, 15) is 14.2 Å². The number of esters is 1. The van der Waals surface area contributed by atoms with E-state index in [4.69, 9.17) is 33.7 Å². The highest BCUT2D eigenvalue weighted by atomic mass is 31.2. The summed E-state index contributed by atoms with van der Waals surface area (Å²) in [5.74, 6) is -0.225. The molecule has 3 N–H and O–H groups in total. The zero-order chi connectivity index (χ0) is 31.2. The van der Waals surface area contributed by atoms with Gasteiger partial charge in [0.15, 0.2) is 29.9 Å². The third kappa shape index (κ3) is 5.66. The lowest BCUT2D eigenvalue weighted by atomic mass is 10.1. The molecule has 2 saturated heterocycles. The molecule has 0 spiro atoms. The standard InChI is InChI=1S/C28H31N6O9P/c1-14(2)38-27(35)15(3)33-44(37,43-19-11-7-9-17-8-5-6-10-18(17)19)42-16(4)21-22-23(41-28(36)40-22)26(39-21)34-13-32-20-24(29)30-12-31-25(20)34/h5-16,21-23,26H,1-4H3,(H,33,37)(H2,29,30,31). The monoisotopic (exact) mass is 626 g/mol. The Hall–Kier alpha value is -4.30. The van der Waals surface area contributed by atoms with E-state index in [1.165, 1.54) is 19.6 Å². The molecule has 0 radical (unpaired) electrons. The number of hydrogen-bond donors (Lipinski definition) is 2. The van der Waals surface area contributed by atoms with E-state index >= 15 is 0 Å². The van der Waals surface area contributed by atoms with E-state index in [2.05, 4.69) is 20.0 Å². The summed E-state index contributed by atoms with van der Waals surface area (Å²) in [7, 11) is -4.35. The van der Waals surface area contributed by atoms with Gasteiger partial charge in [-0.3, -0.25) is 13.9 Å². The van der Waals surface area contributed by atoms with E-state index in [0.29, 0.717) is 16.6 Å². The molecule has 2 aromatic heterocycles. The SMILES string of the molecule is CC(C)OC(=O)C(C)NP(=O)(Oc1cccc2ccccc12)OC(C)C1OC(n2cnc3c(N)ncnc32)C2OC(=O)OC12. The number of nitrogen functional groups attached to an aromatic ring is 1. The quantitative estimate of drug-likeness (QED) is 0.191. The summed E-state index contributed by atoms with van der Waals surface area (Å²) in [5, 5.41) is 4.22. The Morgan fingerprint density at radius 2 is 1.80 bits per heavy atom. The van der Waals surface area contributed by atoms with E-state index < -0.39 is 62.7 Å². The van der Waals surface area contributed by atoms with Gasteiger partial charge in [-0.2, -0.15) is 5.09 Å². The lowest BCUT2D eigenvalue weighted by molar-refractivity contribution is -0.149. The number of nitrogens with one attached hydrogen (secondary N) is 1. The summed E-state index contributed by atoms with van der Waals surface area (Å²) in [5.41, 5.74) is 6.63. The number of benzene rings is 2. The Bertz CT molecular complexity index is 1760. The fraction of sp³-hybridized carbons (Fsp3) is 0.393.